The average Bonchev–Trinajstić information content (AvgIpc) is 3.57. The molecular weight excluding hydrogens is 360 g/mol. The highest BCUT2D eigenvalue weighted by atomic mass is 16.5. The lowest BCUT2D eigenvalue weighted by atomic mass is 9.85. The summed E-state index contributed by atoms with van der Waals surface area (Å²) in [5.41, 5.74) is 1.69. The van der Waals surface area contributed by atoms with Crippen molar-refractivity contribution in [1.29, 1.82) is 5.41 Å². The predicted octanol–water partition coefficient (Wildman–Crippen LogP) is 5.69. The van der Waals surface area contributed by atoms with Crippen LogP contribution in [-0.2, 0) is 10.2 Å². The zero-order valence-electron chi connectivity index (χ0n) is 16.5. The molecular formula is C25H24N2O2. The summed E-state index contributed by atoms with van der Waals surface area (Å²) < 4.78 is 5.84. The Morgan fingerprint density at radius 1 is 1.03 bits per heavy atom. The minimum atomic E-state index is -0.531. The first kappa shape index (κ1) is 19.1. The number of aromatic nitrogens is 1. The van der Waals surface area contributed by atoms with Gasteiger partial charge < -0.3 is 10.1 Å². The summed E-state index contributed by atoms with van der Waals surface area (Å²) in [6, 6.07) is 21.2. The third kappa shape index (κ3) is 4.11. The molecule has 0 spiro atoms. The third-order valence-electron chi connectivity index (χ3n) is 5.61. The molecule has 1 aromatic heterocycles. The first-order valence-electron chi connectivity index (χ1n) is 9.94. The van der Waals surface area contributed by atoms with Crippen LogP contribution in [0.4, 0.5) is 0 Å². The number of carbonyl (C=O) groups is 1. The number of nitrogens with zero attached hydrogens (tertiary/aromatic N) is 1. The Morgan fingerprint density at radius 2 is 1.72 bits per heavy atom. The molecule has 0 aliphatic heterocycles. The second-order valence-electron chi connectivity index (χ2n) is 7.72. The lowest BCUT2D eigenvalue weighted by molar-refractivity contribution is -0.115. The molecule has 0 saturated heterocycles. The number of Topliss-reactive ketones (excluding diaryl/α,β-unsaturated/α-hetero) is 1. The van der Waals surface area contributed by atoms with Crippen LogP contribution in [0.15, 0.2) is 79.1 Å². The van der Waals surface area contributed by atoms with Crippen molar-refractivity contribution in [3.05, 3.63) is 90.3 Å². The number of hydrogen-bond acceptors (Lipinski definition) is 4. The van der Waals surface area contributed by atoms with Gasteiger partial charge in [0.15, 0.2) is 5.78 Å². The largest absolute Gasteiger partial charge is 0.457 e. The average molecular weight is 384 g/mol. The Bertz CT molecular complexity index is 994. The molecule has 1 aliphatic carbocycles. The van der Waals surface area contributed by atoms with Crippen LogP contribution in [0.3, 0.4) is 0 Å². The molecule has 1 heterocycles. The van der Waals surface area contributed by atoms with Crippen molar-refractivity contribution < 1.29 is 9.53 Å². The second kappa shape index (κ2) is 8.00. The number of para-hydroxylation sites is 1. The summed E-state index contributed by atoms with van der Waals surface area (Å²) in [6.45, 7) is 2.04. The van der Waals surface area contributed by atoms with Crippen molar-refractivity contribution in [2.45, 2.75) is 37.5 Å². The lowest BCUT2D eigenvalue weighted by Gasteiger charge is -2.18. The fraction of sp³-hybridized carbons (Fsp3) is 0.240. The predicted molar refractivity (Wildman–Crippen MR) is 114 cm³/mol. The Labute approximate surface area is 171 Å². The highest BCUT2D eigenvalue weighted by molar-refractivity contribution is 6.42. The number of benzene rings is 2. The van der Waals surface area contributed by atoms with E-state index in [-0.39, 0.29) is 17.4 Å². The highest BCUT2D eigenvalue weighted by Crippen LogP contribution is 2.50. The van der Waals surface area contributed by atoms with Gasteiger partial charge in [-0.15, -0.1) is 0 Å². The fourth-order valence-electron chi connectivity index (χ4n) is 3.71. The van der Waals surface area contributed by atoms with Crippen molar-refractivity contribution in [2.24, 2.45) is 0 Å². The van der Waals surface area contributed by atoms with E-state index in [2.05, 4.69) is 4.98 Å². The van der Waals surface area contributed by atoms with Gasteiger partial charge in [0, 0.05) is 12.4 Å². The van der Waals surface area contributed by atoms with E-state index in [4.69, 9.17) is 10.1 Å². The van der Waals surface area contributed by atoms with Crippen LogP contribution in [0, 0.1) is 5.41 Å². The number of rotatable bonds is 8. The summed E-state index contributed by atoms with van der Waals surface area (Å²) in [4.78, 5) is 17.2. The molecule has 4 heteroatoms. The van der Waals surface area contributed by atoms with E-state index in [0.717, 1.165) is 35.5 Å². The number of ether oxygens (including phenoxy) is 1. The van der Waals surface area contributed by atoms with Crippen molar-refractivity contribution in [3.8, 4) is 11.5 Å². The lowest BCUT2D eigenvalue weighted by Crippen LogP contribution is -2.29. The molecule has 0 radical (unpaired) electrons. The maximum Gasteiger partial charge on any atom is 0.186 e. The van der Waals surface area contributed by atoms with Crippen LogP contribution in [-0.4, -0.2) is 16.5 Å². The monoisotopic (exact) mass is 384 g/mol. The van der Waals surface area contributed by atoms with E-state index in [9.17, 15) is 4.79 Å². The topological polar surface area (TPSA) is 63.0 Å². The van der Waals surface area contributed by atoms with Gasteiger partial charge in [0.05, 0.1) is 11.1 Å². The molecule has 0 amide bonds. The van der Waals surface area contributed by atoms with Gasteiger partial charge in [0.25, 0.3) is 0 Å². The molecule has 1 saturated carbocycles. The molecule has 146 valence electrons. The zero-order valence-corrected chi connectivity index (χ0v) is 16.5. The van der Waals surface area contributed by atoms with Crippen LogP contribution in [0.1, 0.15) is 43.2 Å². The highest BCUT2D eigenvalue weighted by Gasteiger charge is 2.52. The smallest absolute Gasteiger partial charge is 0.186 e. The Morgan fingerprint density at radius 3 is 2.34 bits per heavy atom. The van der Waals surface area contributed by atoms with Gasteiger partial charge in [-0.2, -0.15) is 0 Å². The van der Waals surface area contributed by atoms with Crippen LogP contribution in [0.2, 0.25) is 0 Å². The maximum absolute atomic E-state index is 13.1. The summed E-state index contributed by atoms with van der Waals surface area (Å²) in [5.74, 6) is 1.56. The molecule has 0 bridgehead atoms. The Hall–Kier alpha value is -3.27. The minimum Gasteiger partial charge on any atom is -0.457 e. The molecule has 1 fully saturated rings. The van der Waals surface area contributed by atoms with Crippen LogP contribution in [0.5, 0.6) is 11.5 Å². The van der Waals surface area contributed by atoms with Gasteiger partial charge in [0.1, 0.15) is 11.5 Å². The Balaban J connectivity index is 1.44. The molecule has 4 rings (SSSR count). The number of ketones is 1. The summed E-state index contributed by atoms with van der Waals surface area (Å²) >= 11 is 0. The van der Waals surface area contributed by atoms with E-state index >= 15 is 0 Å². The van der Waals surface area contributed by atoms with E-state index in [1.54, 1.807) is 12.4 Å². The quantitative estimate of drug-likeness (QED) is 0.508. The first-order chi connectivity index (χ1) is 14.1. The molecule has 2 aromatic carbocycles. The first-order valence-corrected chi connectivity index (χ1v) is 9.94. The van der Waals surface area contributed by atoms with Crippen molar-refractivity contribution >= 4 is 11.5 Å². The third-order valence-corrected chi connectivity index (χ3v) is 5.61. The van der Waals surface area contributed by atoms with Gasteiger partial charge in [0.2, 0.25) is 0 Å². The summed E-state index contributed by atoms with van der Waals surface area (Å²) in [5, 5.41) is 8.42. The van der Waals surface area contributed by atoms with E-state index in [1.165, 1.54) is 0 Å². The van der Waals surface area contributed by atoms with E-state index in [0.29, 0.717) is 6.42 Å². The van der Waals surface area contributed by atoms with Crippen molar-refractivity contribution in [1.82, 2.24) is 4.98 Å². The SMILES string of the molecule is CC(CC(=N)C(=O)C1(c2ccc(Oc3ccccc3)cc2)CC1)c1cccnc1. The van der Waals surface area contributed by atoms with Gasteiger partial charge in [-0.05, 0) is 66.6 Å². The van der Waals surface area contributed by atoms with Gasteiger partial charge in [-0.3, -0.25) is 9.78 Å². The molecule has 1 atom stereocenters. The summed E-state index contributed by atoms with van der Waals surface area (Å²) in [6.07, 6.45) is 5.57. The second-order valence-corrected chi connectivity index (χ2v) is 7.72. The van der Waals surface area contributed by atoms with Gasteiger partial charge in [-0.25, -0.2) is 0 Å². The number of hydrogen-bond donors (Lipinski definition) is 1. The van der Waals surface area contributed by atoms with Crippen LogP contribution < -0.4 is 4.74 Å². The standard InChI is InChI=1S/C25H24N2O2/c1-18(19-6-5-15-27-17-19)16-23(26)24(28)25(13-14-25)20-9-11-22(12-10-20)29-21-7-3-2-4-8-21/h2-12,15,17-18,26H,13-14,16H2,1H3. The van der Waals surface area contributed by atoms with Gasteiger partial charge in [-0.1, -0.05) is 43.3 Å². The van der Waals surface area contributed by atoms with E-state index in [1.807, 2.05) is 73.7 Å². The normalized spacial score (nSPS) is 15.3. The summed E-state index contributed by atoms with van der Waals surface area (Å²) in [7, 11) is 0. The molecule has 1 N–H and O–H groups in total. The Kier molecular flexibility index (Phi) is 5.26. The molecule has 29 heavy (non-hydrogen) atoms. The molecule has 1 unspecified atom stereocenters. The minimum absolute atomic E-state index is 0.0510. The molecule has 4 nitrogen and oxygen atoms in total. The maximum atomic E-state index is 13.1. The molecule has 3 aromatic rings. The van der Waals surface area contributed by atoms with Crippen LogP contribution in [0.25, 0.3) is 0 Å². The zero-order chi connectivity index (χ0) is 20.3. The number of pyridine rings is 1. The van der Waals surface area contributed by atoms with Crippen LogP contribution >= 0.6 is 0 Å². The number of nitrogens with one attached hydrogen (secondary N) is 1. The van der Waals surface area contributed by atoms with Gasteiger partial charge >= 0.3 is 0 Å². The number of carbonyl (C=O) groups excluding carboxylic acids is 1. The van der Waals surface area contributed by atoms with Crippen molar-refractivity contribution in [2.75, 3.05) is 0 Å². The fourth-order valence-corrected chi connectivity index (χ4v) is 3.71. The molecule has 1 aliphatic rings. The van der Waals surface area contributed by atoms with E-state index < -0.39 is 5.41 Å². The van der Waals surface area contributed by atoms with Crippen molar-refractivity contribution in [3.63, 3.8) is 0 Å².